The molecule has 1 aromatic carbocycles. The minimum Gasteiger partial charge on any atom is -0.340 e. The Bertz CT molecular complexity index is 688. The fourth-order valence-corrected chi connectivity index (χ4v) is 4.84. The normalized spacial score (nSPS) is 19.6. The number of carbonyl (C=O) groups is 1. The molecule has 138 valence electrons. The van der Waals surface area contributed by atoms with Crippen molar-refractivity contribution in [2.24, 2.45) is 5.92 Å². The van der Waals surface area contributed by atoms with Crippen LogP contribution >= 0.6 is 0 Å². The molecule has 0 spiro atoms. The highest BCUT2D eigenvalue weighted by atomic mass is 32.2. The number of aryl methyl sites for hydroxylation is 1. The number of hydrogen-bond donors (Lipinski definition) is 0. The molecule has 1 aromatic rings. The molecule has 1 aliphatic heterocycles. The van der Waals surface area contributed by atoms with Crippen molar-refractivity contribution in [3.8, 4) is 0 Å². The fraction of sp³-hybridized carbons (Fsp3) is 0.632. The number of benzene rings is 1. The van der Waals surface area contributed by atoms with Gasteiger partial charge in [-0.15, -0.1) is 0 Å². The van der Waals surface area contributed by atoms with Crippen LogP contribution in [0.25, 0.3) is 0 Å². The van der Waals surface area contributed by atoms with Crippen molar-refractivity contribution in [1.29, 1.82) is 0 Å². The second-order valence-corrected chi connectivity index (χ2v) is 9.04. The number of rotatable bonds is 6. The van der Waals surface area contributed by atoms with Gasteiger partial charge in [0.15, 0.2) is 0 Å². The van der Waals surface area contributed by atoms with Gasteiger partial charge in [0.2, 0.25) is 15.9 Å². The van der Waals surface area contributed by atoms with E-state index < -0.39 is 10.0 Å². The van der Waals surface area contributed by atoms with Crippen LogP contribution in [-0.2, 0) is 21.2 Å². The quantitative estimate of drug-likeness (QED) is 0.780. The average Bonchev–Trinajstić information content (AvgIpc) is 2.59. The zero-order valence-corrected chi connectivity index (χ0v) is 15.8. The van der Waals surface area contributed by atoms with Crippen LogP contribution < -0.4 is 0 Å². The number of unbranched alkanes of at least 4 members (excludes halogenated alkanes) is 1. The maximum Gasteiger partial charge on any atom is 0.243 e. The Morgan fingerprint density at radius 2 is 1.72 bits per heavy atom. The second kappa shape index (κ2) is 7.87. The number of nitrogens with zero attached hydrogens (tertiary/aromatic N) is 2. The Morgan fingerprint density at radius 3 is 2.24 bits per heavy atom. The predicted molar refractivity (Wildman–Crippen MR) is 97.7 cm³/mol. The van der Waals surface area contributed by atoms with Crippen molar-refractivity contribution >= 4 is 15.9 Å². The standard InChI is InChI=1S/C19H28N2O3S/c1-2-3-5-16-8-10-18(11-9-16)25(23,24)21-14-12-20(13-15-21)19(22)17-6-4-7-17/h8-11,17H,2-7,12-15H2,1H3. The maximum atomic E-state index is 12.8. The minimum atomic E-state index is -3.46. The van der Waals surface area contributed by atoms with Crippen molar-refractivity contribution in [3.63, 3.8) is 0 Å². The average molecular weight is 365 g/mol. The molecule has 3 rings (SSSR count). The SMILES string of the molecule is CCCCc1ccc(S(=O)(=O)N2CCN(C(=O)C3CCC3)CC2)cc1. The van der Waals surface area contributed by atoms with Crippen LogP contribution in [0.5, 0.6) is 0 Å². The number of hydrogen-bond acceptors (Lipinski definition) is 3. The Hall–Kier alpha value is -1.40. The number of sulfonamides is 1. The first-order valence-electron chi connectivity index (χ1n) is 9.40. The van der Waals surface area contributed by atoms with Gasteiger partial charge in [0.25, 0.3) is 0 Å². The first-order valence-corrected chi connectivity index (χ1v) is 10.8. The van der Waals surface area contributed by atoms with Gasteiger partial charge >= 0.3 is 0 Å². The summed E-state index contributed by atoms with van der Waals surface area (Å²) in [5.41, 5.74) is 1.18. The Balaban J connectivity index is 1.60. The van der Waals surface area contributed by atoms with Crippen molar-refractivity contribution in [1.82, 2.24) is 9.21 Å². The van der Waals surface area contributed by atoms with Gasteiger partial charge < -0.3 is 4.90 Å². The van der Waals surface area contributed by atoms with Crippen molar-refractivity contribution in [2.75, 3.05) is 26.2 Å². The van der Waals surface area contributed by atoms with Gasteiger partial charge in [-0.2, -0.15) is 4.31 Å². The fourth-order valence-electron chi connectivity index (χ4n) is 3.42. The van der Waals surface area contributed by atoms with Crippen molar-refractivity contribution in [3.05, 3.63) is 29.8 Å². The van der Waals surface area contributed by atoms with Crippen molar-refractivity contribution in [2.45, 2.75) is 50.3 Å². The summed E-state index contributed by atoms with van der Waals surface area (Å²) in [6.45, 7) is 3.93. The molecular weight excluding hydrogens is 336 g/mol. The topological polar surface area (TPSA) is 57.7 Å². The van der Waals surface area contributed by atoms with Crippen LogP contribution in [0.4, 0.5) is 0 Å². The lowest BCUT2D eigenvalue weighted by Crippen LogP contribution is -2.52. The number of piperazine rings is 1. The Morgan fingerprint density at radius 1 is 1.08 bits per heavy atom. The van der Waals surface area contributed by atoms with E-state index in [1.165, 1.54) is 9.87 Å². The van der Waals surface area contributed by atoms with Gasteiger partial charge in [-0.1, -0.05) is 31.9 Å². The minimum absolute atomic E-state index is 0.179. The summed E-state index contributed by atoms with van der Waals surface area (Å²) >= 11 is 0. The van der Waals surface area contributed by atoms with E-state index >= 15 is 0 Å². The van der Waals surface area contributed by atoms with E-state index in [-0.39, 0.29) is 11.8 Å². The molecule has 0 aromatic heterocycles. The predicted octanol–water partition coefficient (Wildman–Crippen LogP) is 2.66. The molecule has 2 fully saturated rings. The summed E-state index contributed by atoms with van der Waals surface area (Å²) in [7, 11) is -3.46. The van der Waals surface area contributed by atoms with Crippen LogP contribution in [0.2, 0.25) is 0 Å². The molecule has 1 amide bonds. The summed E-state index contributed by atoms with van der Waals surface area (Å²) in [5.74, 6) is 0.391. The molecule has 1 saturated carbocycles. The number of carbonyl (C=O) groups excluding carboxylic acids is 1. The molecule has 25 heavy (non-hydrogen) atoms. The molecule has 0 radical (unpaired) electrons. The first-order chi connectivity index (χ1) is 12.0. The molecule has 0 atom stereocenters. The van der Waals surface area contributed by atoms with Gasteiger partial charge in [0.1, 0.15) is 0 Å². The van der Waals surface area contributed by atoms with Crippen LogP contribution in [-0.4, -0.2) is 49.7 Å². The highest BCUT2D eigenvalue weighted by Gasteiger charge is 2.34. The van der Waals surface area contributed by atoms with Gasteiger partial charge in [-0.25, -0.2) is 8.42 Å². The number of amides is 1. The molecule has 1 heterocycles. The van der Waals surface area contributed by atoms with Crippen LogP contribution in [0, 0.1) is 5.92 Å². The van der Waals surface area contributed by atoms with E-state index in [1.807, 2.05) is 17.0 Å². The third-order valence-electron chi connectivity index (χ3n) is 5.38. The third kappa shape index (κ3) is 4.06. The Labute approximate surface area is 151 Å². The first kappa shape index (κ1) is 18.4. The van der Waals surface area contributed by atoms with E-state index in [0.717, 1.165) is 38.5 Å². The lowest BCUT2D eigenvalue weighted by molar-refractivity contribution is -0.139. The van der Waals surface area contributed by atoms with Gasteiger partial charge in [0.05, 0.1) is 4.90 Å². The van der Waals surface area contributed by atoms with Gasteiger partial charge in [0, 0.05) is 32.1 Å². The lowest BCUT2D eigenvalue weighted by atomic mass is 9.84. The summed E-state index contributed by atoms with van der Waals surface area (Å²) in [4.78, 5) is 14.5. The molecule has 1 saturated heterocycles. The van der Waals surface area contributed by atoms with E-state index in [4.69, 9.17) is 0 Å². The van der Waals surface area contributed by atoms with Crippen LogP contribution in [0.3, 0.4) is 0 Å². The molecular formula is C19H28N2O3S. The monoisotopic (exact) mass is 364 g/mol. The van der Waals surface area contributed by atoms with Gasteiger partial charge in [-0.3, -0.25) is 4.79 Å². The Kier molecular flexibility index (Phi) is 5.79. The van der Waals surface area contributed by atoms with E-state index in [9.17, 15) is 13.2 Å². The molecule has 2 aliphatic rings. The zero-order valence-electron chi connectivity index (χ0n) is 15.0. The van der Waals surface area contributed by atoms with E-state index in [0.29, 0.717) is 31.1 Å². The highest BCUT2D eigenvalue weighted by molar-refractivity contribution is 7.89. The molecule has 6 heteroatoms. The third-order valence-corrected chi connectivity index (χ3v) is 7.30. The molecule has 0 bridgehead atoms. The van der Waals surface area contributed by atoms with Gasteiger partial charge in [-0.05, 0) is 43.4 Å². The summed E-state index contributed by atoms with van der Waals surface area (Å²) in [6.07, 6.45) is 6.34. The van der Waals surface area contributed by atoms with Crippen molar-refractivity contribution < 1.29 is 13.2 Å². The molecule has 0 unspecified atom stereocenters. The molecule has 0 N–H and O–H groups in total. The largest absolute Gasteiger partial charge is 0.340 e. The molecule has 5 nitrogen and oxygen atoms in total. The summed E-state index contributed by atoms with van der Waals surface area (Å²) in [5, 5.41) is 0. The lowest BCUT2D eigenvalue weighted by Gasteiger charge is -2.37. The zero-order chi connectivity index (χ0) is 17.9. The molecule has 1 aliphatic carbocycles. The van der Waals surface area contributed by atoms with Crippen LogP contribution in [0.15, 0.2) is 29.2 Å². The van der Waals surface area contributed by atoms with E-state index in [1.54, 1.807) is 12.1 Å². The smallest absolute Gasteiger partial charge is 0.243 e. The van der Waals surface area contributed by atoms with E-state index in [2.05, 4.69) is 6.92 Å². The highest BCUT2D eigenvalue weighted by Crippen LogP contribution is 2.29. The maximum absolute atomic E-state index is 12.8. The second-order valence-electron chi connectivity index (χ2n) is 7.10. The summed E-state index contributed by atoms with van der Waals surface area (Å²) < 4.78 is 27.1. The summed E-state index contributed by atoms with van der Waals surface area (Å²) in [6, 6.07) is 7.26. The van der Waals surface area contributed by atoms with Crippen LogP contribution in [0.1, 0.15) is 44.6 Å².